The maximum Gasteiger partial charge on any atom is 0.243 e. The molecule has 1 aromatic rings. The average Bonchev–Trinajstić information content (AvgIpc) is 2.75. The van der Waals surface area contributed by atoms with Crippen molar-refractivity contribution < 1.29 is 13.9 Å². The standard InChI is InChI=1S/C22H34FN5O2.HI/c1-26(2)21(29)16-25-22(24-15-20-8-3-4-13-30-20)28-11-9-27(10-12-28)17-18-6-5-7-19(23)14-18;/h5-7,14,20H,3-4,8-13,15-17H2,1-2H3,(H,24,25);1H. The van der Waals surface area contributed by atoms with E-state index in [-0.39, 0.29) is 48.3 Å². The first kappa shape index (κ1) is 25.8. The molecule has 2 heterocycles. The molecule has 0 aromatic heterocycles. The van der Waals surface area contributed by atoms with Gasteiger partial charge >= 0.3 is 0 Å². The largest absolute Gasteiger partial charge is 0.376 e. The van der Waals surface area contributed by atoms with Crippen molar-refractivity contribution in [3.8, 4) is 0 Å². The zero-order chi connectivity index (χ0) is 21.3. The number of halogens is 2. The zero-order valence-corrected chi connectivity index (χ0v) is 20.9. The molecule has 0 spiro atoms. The Labute approximate surface area is 202 Å². The Balaban J connectivity index is 0.00000341. The minimum atomic E-state index is -0.194. The van der Waals surface area contributed by atoms with Crippen molar-refractivity contribution in [2.45, 2.75) is 31.9 Å². The summed E-state index contributed by atoms with van der Waals surface area (Å²) in [4.78, 5) is 22.7. The molecule has 2 saturated heterocycles. The predicted molar refractivity (Wildman–Crippen MR) is 131 cm³/mol. The lowest BCUT2D eigenvalue weighted by Gasteiger charge is -2.37. The van der Waals surface area contributed by atoms with Gasteiger partial charge in [-0.15, -0.1) is 24.0 Å². The van der Waals surface area contributed by atoms with Gasteiger partial charge in [-0.1, -0.05) is 12.1 Å². The molecule has 174 valence electrons. The second kappa shape index (κ2) is 13.2. The van der Waals surface area contributed by atoms with Crippen LogP contribution in [-0.2, 0) is 16.1 Å². The first-order valence-corrected chi connectivity index (χ1v) is 10.8. The summed E-state index contributed by atoms with van der Waals surface area (Å²) in [6.45, 7) is 5.73. The van der Waals surface area contributed by atoms with E-state index in [9.17, 15) is 9.18 Å². The molecule has 1 unspecified atom stereocenters. The molecule has 2 aliphatic heterocycles. The first-order chi connectivity index (χ1) is 14.5. The zero-order valence-electron chi connectivity index (χ0n) is 18.6. The van der Waals surface area contributed by atoms with Crippen molar-refractivity contribution in [1.29, 1.82) is 0 Å². The number of piperazine rings is 1. The van der Waals surface area contributed by atoms with Crippen LogP contribution in [0.2, 0.25) is 0 Å². The van der Waals surface area contributed by atoms with Crippen molar-refractivity contribution in [3.63, 3.8) is 0 Å². The van der Waals surface area contributed by atoms with Crippen molar-refractivity contribution in [2.75, 3.05) is 60.0 Å². The lowest BCUT2D eigenvalue weighted by atomic mass is 10.1. The number of nitrogens with zero attached hydrogens (tertiary/aromatic N) is 4. The highest BCUT2D eigenvalue weighted by Crippen LogP contribution is 2.13. The van der Waals surface area contributed by atoms with Gasteiger partial charge in [0.1, 0.15) is 12.4 Å². The monoisotopic (exact) mass is 547 g/mol. The normalized spacial score (nSPS) is 20.2. The Bertz CT molecular complexity index is 720. The number of rotatable bonds is 6. The van der Waals surface area contributed by atoms with Gasteiger partial charge < -0.3 is 19.9 Å². The van der Waals surface area contributed by atoms with Crippen molar-refractivity contribution in [2.24, 2.45) is 4.99 Å². The molecule has 9 heteroatoms. The van der Waals surface area contributed by atoms with Crippen LogP contribution in [-0.4, -0.2) is 92.6 Å². The summed E-state index contributed by atoms with van der Waals surface area (Å²) in [5.74, 6) is 0.554. The van der Waals surface area contributed by atoms with Crippen LogP contribution in [0, 0.1) is 5.82 Å². The third-order valence-corrected chi connectivity index (χ3v) is 5.59. The van der Waals surface area contributed by atoms with E-state index in [1.807, 2.05) is 6.07 Å². The lowest BCUT2D eigenvalue weighted by molar-refractivity contribution is -0.127. The summed E-state index contributed by atoms with van der Waals surface area (Å²) < 4.78 is 19.3. The van der Waals surface area contributed by atoms with E-state index in [1.54, 1.807) is 31.1 Å². The van der Waals surface area contributed by atoms with Crippen LogP contribution < -0.4 is 5.32 Å². The molecule has 0 saturated carbocycles. The van der Waals surface area contributed by atoms with Gasteiger partial charge in [0.25, 0.3) is 0 Å². The number of likely N-dealkylation sites (N-methyl/N-ethyl adjacent to an activating group) is 1. The average molecular weight is 547 g/mol. The number of benzene rings is 1. The minimum absolute atomic E-state index is 0. The minimum Gasteiger partial charge on any atom is -0.376 e. The Morgan fingerprint density at radius 3 is 2.68 bits per heavy atom. The molecule has 1 aromatic carbocycles. The SMILES string of the molecule is CN(C)C(=O)CN=C(NCC1CCCCO1)N1CCN(Cc2cccc(F)c2)CC1.I. The topological polar surface area (TPSA) is 60.4 Å². The Morgan fingerprint density at radius 2 is 2.03 bits per heavy atom. The number of aliphatic imine (C=N–C) groups is 1. The van der Waals surface area contributed by atoms with E-state index in [4.69, 9.17) is 4.74 Å². The predicted octanol–water partition coefficient (Wildman–Crippen LogP) is 2.16. The molecule has 1 amide bonds. The third-order valence-electron chi connectivity index (χ3n) is 5.59. The van der Waals surface area contributed by atoms with Gasteiger partial charge in [-0.25, -0.2) is 9.38 Å². The molecule has 7 nitrogen and oxygen atoms in total. The molecule has 31 heavy (non-hydrogen) atoms. The van der Waals surface area contributed by atoms with Crippen molar-refractivity contribution in [3.05, 3.63) is 35.6 Å². The van der Waals surface area contributed by atoms with Gasteiger partial charge in [0.15, 0.2) is 5.96 Å². The van der Waals surface area contributed by atoms with Gasteiger partial charge in [-0.3, -0.25) is 9.69 Å². The van der Waals surface area contributed by atoms with Crippen LogP contribution >= 0.6 is 24.0 Å². The number of hydrogen-bond acceptors (Lipinski definition) is 4. The van der Waals surface area contributed by atoms with E-state index in [2.05, 4.69) is 20.1 Å². The summed E-state index contributed by atoms with van der Waals surface area (Å²) in [5.41, 5.74) is 0.987. The summed E-state index contributed by atoms with van der Waals surface area (Å²) in [5, 5.41) is 3.44. The maximum atomic E-state index is 13.4. The van der Waals surface area contributed by atoms with E-state index in [0.29, 0.717) is 6.54 Å². The highest BCUT2D eigenvalue weighted by Gasteiger charge is 2.22. The molecule has 0 bridgehead atoms. The number of carbonyl (C=O) groups is 1. The van der Waals surface area contributed by atoms with Crippen LogP contribution in [0.25, 0.3) is 0 Å². The van der Waals surface area contributed by atoms with E-state index < -0.39 is 0 Å². The number of guanidine groups is 1. The molecule has 2 aliphatic rings. The molecule has 1 N–H and O–H groups in total. The van der Waals surface area contributed by atoms with E-state index in [0.717, 1.165) is 63.7 Å². The second-order valence-corrected chi connectivity index (χ2v) is 8.19. The molecule has 3 rings (SSSR count). The number of hydrogen-bond donors (Lipinski definition) is 1. The second-order valence-electron chi connectivity index (χ2n) is 8.19. The number of carbonyl (C=O) groups excluding carboxylic acids is 1. The molecule has 2 fully saturated rings. The smallest absolute Gasteiger partial charge is 0.243 e. The highest BCUT2D eigenvalue weighted by atomic mass is 127. The van der Waals surface area contributed by atoms with Crippen molar-refractivity contribution in [1.82, 2.24) is 20.0 Å². The third kappa shape index (κ3) is 8.53. The van der Waals surface area contributed by atoms with Gasteiger partial charge in [0.2, 0.25) is 5.91 Å². The molecule has 0 aliphatic carbocycles. The number of nitrogens with one attached hydrogen (secondary N) is 1. The van der Waals surface area contributed by atoms with Crippen LogP contribution in [0.3, 0.4) is 0 Å². The molecular weight excluding hydrogens is 512 g/mol. The Hall–Kier alpha value is -1.46. The lowest BCUT2D eigenvalue weighted by Crippen LogP contribution is -2.53. The van der Waals surface area contributed by atoms with Crippen LogP contribution in [0.5, 0.6) is 0 Å². The van der Waals surface area contributed by atoms with E-state index >= 15 is 0 Å². The number of amides is 1. The summed E-state index contributed by atoms with van der Waals surface area (Å²) in [6, 6.07) is 6.78. The Kier molecular flexibility index (Phi) is 11.0. The molecule has 0 radical (unpaired) electrons. The van der Waals surface area contributed by atoms with Gasteiger partial charge in [-0.05, 0) is 37.0 Å². The molecule has 1 atom stereocenters. The fourth-order valence-electron chi connectivity index (χ4n) is 3.74. The quantitative estimate of drug-likeness (QED) is 0.336. The van der Waals surface area contributed by atoms with Crippen LogP contribution in [0.1, 0.15) is 24.8 Å². The fraction of sp³-hybridized carbons (Fsp3) is 0.636. The maximum absolute atomic E-state index is 13.4. The first-order valence-electron chi connectivity index (χ1n) is 10.8. The summed E-state index contributed by atoms with van der Waals surface area (Å²) in [7, 11) is 3.48. The highest BCUT2D eigenvalue weighted by molar-refractivity contribution is 14.0. The van der Waals surface area contributed by atoms with Gasteiger partial charge in [0.05, 0.1) is 6.10 Å². The van der Waals surface area contributed by atoms with Gasteiger partial charge in [-0.2, -0.15) is 0 Å². The van der Waals surface area contributed by atoms with Crippen LogP contribution in [0.15, 0.2) is 29.3 Å². The van der Waals surface area contributed by atoms with Gasteiger partial charge in [0, 0.05) is 60.0 Å². The van der Waals surface area contributed by atoms with Crippen LogP contribution in [0.4, 0.5) is 4.39 Å². The van der Waals surface area contributed by atoms with Crippen molar-refractivity contribution >= 4 is 35.8 Å². The summed E-state index contributed by atoms with van der Waals surface area (Å²) in [6.07, 6.45) is 3.57. The summed E-state index contributed by atoms with van der Waals surface area (Å²) >= 11 is 0. The fourth-order valence-corrected chi connectivity index (χ4v) is 3.74. The number of ether oxygens (including phenoxy) is 1. The molecular formula is C22H35FIN5O2. The Morgan fingerprint density at radius 1 is 1.26 bits per heavy atom. The van der Waals surface area contributed by atoms with E-state index in [1.165, 1.54) is 12.5 Å².